The fourth-order valence-corrected chi connectivity index (χ4v) is 2.79. The molecule has 0 bridgehead atoms. The highest BCUT2D eigenvalue weighted by Gasteiger charge is 2.14. The number of aromatic nitrogens is 1. The maximum atomic E-state index is 12.3. The van der Waals surface area contributed by atoms with Crippen molar-refractivity contribution in [3.8, 4) is 17.0 Å². The average Bonchev–Trinajstić information content (AvgIpc) is 3.05. The van der Waals surface area contributed by atoms with E-state index in [9.17, 15) is 4.79 Å². The summed E-state index contributed by atoms with van der Waals surface area (Å²) in [5.74, 6) is 0.728. The van der Waals surface area contributed by atoms with Gasteiger partial charge in [0.15, 0.2) is 5.01 Å². The quantitative estimate of drug-likeness (QED) is 0.682. The summed E-state index contributed by atoms with van der Waals surface area (Å²) in [5.41, 5.74) is 2.39. The molecular formula is C17H13NO2S. The van der Waals surface area contributed by atoms with E-state index in [0.717, 1.165) is 17.0 Å². The van der Waals surface area contributed by atoms with Crippen molar-refractivity contribution in [2.24, 2.45) is 0 Å². The zero-order valence-corrected chi connectivity index (χ0v) is 12.3. The number of carbonyl (C=O) groups is 1. The van der Waals surface area contributed by atoms with Gasteiger partial charge < -0.3 is 4.74 Å². The molecule has 0 aliphatic carbocycles. The number of rotatable bonds is 4. The molecule has 0 saturated carbocycles. The Morgan fingerprint density at radius 1 is 1.10 bits per heavy atom. The number of carbonyl (C=O) groups excluding carboxylic acids is 1. The van der Waals surface area contributed by atoms with Crippen molar-refractivity contribution in [3.05, 3.63) is 70.5 Å². The van der Waals surface area contributed by atoms with Gasteiger partial charge in [-0.1, -0.05) is 42.5 Å². The predicted octanol–water partition coefficient (Wildman–Crippen LogP) is 4.05. The second-order valence-corrected chi connectivity index (χ2v) is 5.32. The van der Waals surface area contributed by atoms with Crippen LogP contribution in [0.3, 0.4) is 0 Å². The lowest BCUT2D eigenvalue weighted by Gasteiger charge is -2.01. The first kappa shape index (κ1) is 13.5. The molecule has 0 aliphatic rings. The fourth-order valence-electron chi connectivity index (χ4n) is 2.01. The molecule has 0 fully saturated rings. The van der Waals surface area contributed by atoms with E-state index in [4.69, 9.17) is 4.74 Å². The van der Waals surface area contributed by atoms with Gasteiger partial charge in [0.25, 0.3) is 0 Å². The van der Waals surface area contributed by atoms with Gasteiger partial charge in [-0.2, -0.15) is 0 Å². The Morgan fingerprint density at radius 3 is 2.67 bits per heavy atom. The summed E-state index contributed by atoms with van der Waals surface area (Å²) in [4.78, 5) is 16.8. The highest BCUT2D eigenvalue weighted by molar-refractivity contribution is 7.12. The maximum Gasteiger partial charge on any atom is 0.221 e. The Bertz CT molecular complexity index is 765. The third-order valence-electron chi connectivity index (χ3n) is 3.10. The molecule has 3 rings (SSSR count). The molecule has 0 N–H and O–H groups in total. The Labute approximate surface area is 126 Å². The van der Waals surface area contributed by atoms with Gasteiger partial charge in [0.2, 0.25) is 5.78 Å². The molecule has 2 aromatic carbocycles. The third kappa shape index (κ3) is 2.85. The van der Waals surface area contributed by atoms with E-state index in [0.29, 0.717) is 10.6 Å². The molecule has 3 nitrogen and oxygen atoms in total. The van der Waals surface area contributed by atoms with Gasteiger partial charge in [-0.05, 0) is 12.1 Å². The minimum atomic E-state index is -0.0465. The lowest BCUT2D eigenvalue weighted by molar-refractivity contribution is 0.103. The van der Waals surface area contributed by atoms with Crippen LogP contribution in [-0.4, -0.2) is 17.9 Å². The number of benzene rings is 2. The van der Waals surface area contributed by atoms with Gasteiger partial charge >= 0.3 is 0 Å². The fraction of sp³-hybridized carbons (Fsp3) is 0.0588. The topological polar surface area (TPSA) is 39.2 Å². The van der Waals surface area contributed by atoms with Crippen molar-refractivity contribution in [3.63, 3.8) is 0 Å². The average molecular weight is 295 g/mol. The number of ketones is 1. The summed E-state index contributed by atoms with van der Waals surface area (Å²) in [6, 6.07) is 16.8. The van der Waals surface area contributed by atoms with Gasteiger partial charge in [0.1, 0.15) is 5.75 Å². The Balaban J connectivity index is 1.91. The zero-order valence-electron chi connectivity index (χ0n) is 11.4. The van der Waals surface area contributed by atoms with Crippen molar-refractivity contribution in [2.45, 2.75) is 0 Å². The van der Waals surface area contributed by atoms with E-state index in [2.05, 4.69) is 4.98 Å². The molecule has 0 amide bonds. The standard InChI is InChI=1S/C17H13NO2S/c1-20-14-9-5-8-13(10-14)15-11-21-17(18-15)16(19)12-6-3-2-4-7-12/h2-11H,1H3. The second-order valence-electron chi connectivity index (χ2n) is 4.47. The molecule has 0 radical (unpaired) electrons. The van der Waals surface area contributed by atoms with E-state index in [1.165, 1.54) is 11.3 Å². The molecule has 3 aromatic rings. The van der Waals surface area contributed by atoms with Gasteiger partial charge in [-0.25, -0.2) is 4.98 Å². The Morgan fingerprint density at radius 2 is 1.90 bits per heavy atom. The van der Waals surface area contributed by atoms with E-state index in [1.54, 1.807) is 19.2 Å². The number of thiazole rings is 1. The van der Waals surface area contributed by atoms with Crippen LogP contribution >= 0.6 is 11.3 Å². The van der Waals surface area contributed by atoms with Crippen molar-refractivity contribution in [2.75, 3.05) is 7.11 Å². The predicted molar refractivity (Wildman–Crippen MR) is 84.0 cm³/mol. The SMILES string of the molecule is COc1cccc(-c2csc(C(=O)c3ccccc3)n2)c1. The van der Waals surface area contributed by atoms with E-state index in [-0.39, 0.29) is 5.78 Å². The highest BCUT2D eigenvalue weighted by Crippen LogP contribution is 2.26. The molecule has 1 heterocycles. The number of nitrogens with zero attached hydrogens (tertiary/aromatic N) is 1. The minimum Gasteiger partial charge on any atom is -0.497 e. The summed E-state index contributed by atoms with van der Waals surface area (Å²) >= 11 is 1.36. The minimum absolute atomic E-state index is 0.0465. The zero-order chi connectivity index (χ0) is 14.7. The van der Waals surface area contributed by atoms with Gasteiger partial charge in [-0.15, -0.1) is 11.3 Å². The monoisotopic (exact) mass is 295 g/mol. The van der Waals surface area contributed by atoms with E-state index in [1.807, 2.05) is 47.8 Å². The first-order chi connectivity index (χ1) is 10.3. The molecule has 21 heavy (non-hydrogen) atoms. The van der Waals surface area contributed by atoms with Crippen LogP contribution in [0.2, 0.25) is 0 Å². The molecule has 0 spiro atoms. The van der Waals surface area contributed by atoms with Crippen LogP contribution in [-0.2, 0) is 0 Å². The largest absolute Gasteiger partial charge is 0.497 e. The van der Waals surface area contributed by atoms with Crippen LogP contribution in [0.15, 0.2) is 60.0 Å². The van der Waals surface area contributed by atoms with Gasteiger partial charge in [-0.3, -0.25) is 4.79 Å². The summed E-state index contributed by atoms with van der Waals surface area (Å²) in [6.45, 7) is 0. The van der Waals surface area contributed by atoms with Crippen LogP contribution in [0.4, 0.5) is 0 Å². The summed E-state index contributed by atoms with van der Waals surface area (Å²) in [5, 5.41) is 2.39. The van der Waals surface area contributed by atoms with Crippen molar-refractivity contribution in [1.82, 2.24) is 4.98 Å². The lowest BCUT2D eigenvalue weighted by atomic mass is 10.1. The van der Waals surface area contributed by atoms with Crippen molar-refractivity contribution >= 4 is 17.1 Å². The molecule has 0 atom stereocenters. The van der Waals surface area contributed by atoms with E-state index >= 15 is 0 Å². The molecule has 4 heteroatoms. The highest BCUT2D eigenvalue weighted by atomic mass is 32.1. The Kier molecular flexibility index (Phi) is 3.79. The smallest absolute Gasteiger partial charge is 0.221 e. The molecule has 104 valence electrons. The van der Waals surface area contributed by atoms with Gasteiger partial charge in [0, 0.05) is 16.5 Å². The molecule has 0 unspecified atom stereocenters. The number of methoxy groups -OCH3 is 1. The van der Waals surface area contributed by atoms with Crippen LogP contribution < -0.4 is 4.74 Å². The normalized spacial score (nSPS) is 10.3. The molecule has 1 aromatic heterocycles. The number of hydrogen-bond donors (Lipinski definition) is 0. The van der Waals surface area contributed by atoms with Crippen LogP contribution in [0, 0.1) is 0 Å². The summed E-state index contributed by atoms with van der Waals surface area (Å²) in [7, 11) is 1.63. The van der Waals surface area contributed by atoms with Crippen molar-refractivity contribution in [1.29, 1.82) is 0 Å². The van der Waals surface area contributed by atoms with Gasteiger partial charge in [0.05, 0.1) is 12.8 Å². The Hall–Kier alpha value is -2.46. The lowest BCUT2D eigenvalue weighted by Crippen LogP contribution is -2.00. The third-order valence-corrected chi connectivity index (χ3v) is 3.94. The van der Waals surface area contributed by atoms with Crippen LogP contribution in [0.5, 0.6) is 5.75 Å². The number of hydrogen-bond acceptors (Lipinski definition) is 4. The maximum absolute atomic E-state index is 12.3. The second kappa shape index (κ2) is 5.89. The van der Waals surface area contributed by atoms with E-state index < -0.39 is 0 Å². The first-order valence-corrected chi connectivity index (χ1v) is 7.35. The number of ether oxygens (including phenoxy) is 1. The first-order valence-electron chi connectivity index (χ1n) is 6.47. The van der Waals surface area contributed by atoms with Crippen LogP contribution in [0.1, 0.15) is 15.4 Å². The summed E-state index contributed by atoms with van der Waals surface area (Å²) in [6.07, 6.45) is 0. The molecule has 0 saturated heterocycles. The van der Waals surface area contributed by atoms with Crippen LogP contribution in [0.25, 0.3) is 11.3 Å². The summed E-state index contributed by atoms with van der Waals surface area (Å²) < 4.78 is 5.21. The van der Waals surface area contributed by atoms with Crippen molar-refractivity contribution < 1.29 is 9.53 Å². The molecule has 0 aliphatic heterocycles. The molecular weight excluding hydrogens is 282 g/mol.